The van der Waals surface area contributed by atoms with Crippen molar-refractivity contribution in [1.29, 1.82) is 0 Å². The van der Waals surface area contributed by atoms with Crippen LogP contribution in [0.15, 0.2) is 22.7 Å². The molecule has 2 aliphatic rings. The van der Waals surface area contributed by atoms with Gasteiger partial charge in [-0.15, -0.1) is 0 Å². The molecule has 1 aromatic carbocycles. The minimum Gasteiger partial charge on any atom is -0.480 e. The molecule has 1 unspecified atom stereocenters. The van der Waals surface area contributed by atoms with Gasteiger partial charge in [0.2, 0.25) is 0 Å². The Labute approximate surface area is 115 Å². The van der Waals surface area contributed by atoms with Crippen LogP contribution in [0.2, 0.25) is 0 Å². The van der Waals surface area contributed by atoms with E-state index in [4.69, 9.17) is 0 Å². The predicted octanol–water partition coefficient (Wildman–Crippen LogP) is 2.51. The first kappa shape index (κ1) is 12.2. The summed E-state index contributed by atoms with van der Waals surface area (Å²) in [7, 11) is 0. The van der Waals surface area contributed by atoms with Crippen LogP contribution in [-0.2, 0) is 17.6 Å². The number of carboxylic acid groups (broad SMARTS) is 1. The maximum Gasteiger partial charge on any atom is 0.324 e. The number of aliphatic carboxylic acids is 1. The van der Waals surface area contributed by atoms with Crippen molar-refractivity contribution in [2.45, 2.75) is 43.7 Å². The molecule has 0 aromatic heterocycles. The molecule has 0 aliphatic heterocycles. The summed E-state index contributed by atoms with van der Waals surface area (Å²) in [5, 5.41) is 12.9. The molecule has 18 heavy (non-hydrogen) atoms. The van der Waals surface area contributed by atoms with Gasteiger partial charge in [-0.25, -0.2) is 0 Å². The van der Waals surface area contributed by atoms with Crippen molar-refractivity contribution < 1.29 is 9.90 Å². The third kappa shape index (κ3) is 2.19. The fourth-order valence-electron chi connectivity index (χ4n) is 2.75. The van der Waals surface area contributed by atoms with E-state index >= 15 is 0 Å². The van der Waals surface area contributed by atoms with Crippen LogP contribution >= 0.6 is 15.9 Å². The summed E-state index contributed by atoms with van der Waals surface area (Å²) in [4.78, 5) is 11.6. The number of hydrogen-bond acceptors (Lipinski definition) is 2. The molecule has 2 aliphatic carbocycles. The molecular formula is C14H16BrNO2. The van der Waals surface area contributed by atoms with Crippen molar-refractivity contribution in [2.24, 2.45) is 0 Å². The van der Waals surface area contributed by atoms with Crippen LogP contribution in [0.1, 0.15) is 30.4 Å². The molecule has 0 bridgehead atoms. The van der Waals surface area contributed by atoms with Gasteiger partial charge in [-0.1, -0.05) is 22.0 Å². The average molecular weight is 310 g/mol. The zero-order chi connectivity index (χ0) is 12.8. The Kier molecular flexibility index (Phi) is 2.94. The van der Waals surface area contributed by atoms with E-state index in [0.29, 0.717) is 18.9 Å². The predicted molar refractivity (Wildman–Crippen MR) is 72.7 cm³/mol. The highest BCUT2D eigenvalue weighted by atomic mass is 79.9. The summed E-state index contributed by atoms with van der Waals surface area (Å²) in [5.74, 6) is -0.706. The van der Waals surface area contributed by atoms with E-state index in [9.17, 15) is 9.90 Å². The highest BCUT2D eigenvalue weighted by molar-refractivity contribution is 9.10. The maximum atomic E-state index is 11.6. The van der Waals surface area contributed by atoms with Crippen LogP contribution < -0.4 is 5.32 Å². The molecule has 96 valence electrons. The fourth-order valence-corrected chi connectivity index (χ4v) is 3.16. The van der Waals surface area contributed by atoms with E-state index in [2.05, 4.69) is 27.3 Å². The van der Waals surface area contributed by atoms with Crippen molar-refractivity contribution in [2.75, 3.05) is 0 Å². The molecule has 0 spiro atoms. The van der Waals surface area contributed by atoms with Crippen molar-refractivity contribution in [3.63, 3.8) is 0 Å². The second-order valence-corrected chi connectivity index (χ2v) is 6.31. The van der Waals surface area contributed by atoms with E-state index in [0.717, 1.165) is 23.7 Å². The van der Waals surface area contributed by atoms with E-state index in [1.807, 2.05) is 12.1 Å². The molecule has 4 heteroatoms. The molecule has 0 radical (unpaired) electrons. The Hall–Kier alpha value is -0.870. The van der Waals surface area contributed by atoms with Gasteiger partial charge in [0.15, 0.2) is 0 Å². The summed E-state index contributed by atoms with van der Waals surface area (Å²) >= 11 is 3.47. The quantitative estimate of drug-likeness (QED) is 0.902. The molecule has 1 atom stereocenters. The number of hydrogen-bond donors (Lipinski definition) is 2. The summed E-state index contributed by atoms with van der Waals surface area (Å²) in [5.41, 5.74) is 1.70. The van der Waals surface area contributed by atoms with Gasteiger partial charge in [-0.3, -0.25) is 10.1 Å². The topological polar surface area (TPSA) is 49.3 Å². The SMILES string of the molecule is O=C(O)C1(NC2CC2)CCc2cc(Br)ccc2C1. The van der Waals surface area contributed by atoms with Gasteiger partial charge in [-0.05, 0) is 48.9 Å². The van der Waals surface area contributed by atoms with Crippen LogP contribution in [0, 0.1) is 0 Å². The lowest BCUT2D eigenvalue weighted by Gasteiger charge is -2.35. The number of carbonyl (C=O) groups is 1. The molecule has 0 amide bonds. The number of halogens is 1. The number of rotatable bonds is 3. The van der Waals surface area contributed by atoms with Gasteiger partial charge in [0.1, 0.15) is 5.54 Å². The van der Waals surface area contributed by atoms with Crippen molar-refractivity contribution >= 4 is 21.9 Å². The minimum absolute atomic E-state index is 0.415. The Balaban J connectivity index is 1.90. The Morgan fingerprint density at radius 1 is 1.39 bits per heavy atom. The molecule has 0 heterocycles. The van der Waals surface area contributed by atoms with E-state index < -0.39 is 11.5 Å². The van der Waals surface area contributed by atoms with Crippen LogP contribution in [-0.4, -0.2) is 22.7 Å². The summed E-state index contributed by atoms with van der Waals surface area (Å²) in [6, 6.07) is 6.56. The third-order valence-corrected chi connectivity index (χ3v) is 4.44. The largest absolute Gasteiger partial charge is 0.480 e. The lowest BCUT2D eigenvalue weighted by molar-refractivity contribution is -0.145. The van der Waals surface area contributed by atoms with Crippen molar-refractivity contribution in [1.82, 2.24) is 5.32 Å². The van der Waals surface area contributed by atoms with Crippen LogP contribution in [0.4, 0.5) is 0 Å². The summed E-state index contributed by atoms with van der Waals surface area (Å²) in [6.07, 6.45) is 4.34. The second-order valence-electron chi connectivity index (χ2n) is 5.40. The monoisotopic (exact) mass is 309 g/mol. The van der Waals surface area contributed by atoms with E-state index in [1.54, 1.807) is 0 Å². The number of aryl methyl sites for hydroxylation is 1. The van der Waals surface area contributed by atoms with Gasteiger partial charge in [0.05, 0.1) is 0 Å². The van der Waals surface area contributed by atoms with Crippen LogP contribution in [0.5, 0.6) is 0 Å². The van der Waals surface area contributed by atoms with Crippen LogP contribution in [0.3, 0.4) is 0 Å². The highest BCUT2D eigenvalue weighted by Gasteiger charge is 2.44. The first-order valence-electron chi connectivity index (χ1n) is 6.37. The van der Waals surface area contributed by atoms with Gasteiger partial charge in [0.25, 0.3) is 0 Å². The molecule has 1 aromatic rings. The Morgan fingerprint density at radius 3 is 2.83 bits per heavy atom. The lowest BCUT2D eigenvalue weighted by atomic mass is 9.78. The lowest BCUT2D eigenvalue weighted by Crippen LogP contribution is -2.56. The first-order chi connectivity index (χ1) is 8.59. The number of nitrogens with one attached hydrogen (secondary N) is 1. The smallest absolute Gasteiger partial charge is 0.324 e. The summed E-state index contributed by atoms with van der Waals surface area (Å²) < 4.78 is 1.07. The minimum atomic E-state index is -0.748. The standard InChI is InChI=1S/C14H16BrNO2/c15-11-2-1-10-8-14(13(17)18,16-12-3-4-12)6-5-9(10)7-11/h1-2,7,12,16H,3-6,8H2,(H,17,18). The van der Waals surface area contributed by atoms with Gasteiger partial charge < -0.3 is 5.11 Å². The van der Waals surface area contributed by atoms with Gasteiger partial charge >= 0.3 is 5.97 Å². The highest BCUT2D eigenvalue weighted by Crippen LogP contribution is 2.34. The normalized spacial score (nSPS) is 26.7. The number of benzene rings is 1. The fraction of sp³-hybridized carbons (Fsp3) is 0.500. The first-order valence-corrected chi connectivity index (χ1v) is 7.17. The molecule has 2 N–H and O–H groups in total. The maximum absolute atomic E-state index is 11.6. The van der Waals surface area contributed by atoms with Crippen LogP contribution in [0.25, 0.3) is 0 Å². The molecule has 3 rings (SSSR count). The third-order valence-electron chi connectivity index (χ3n) is 3.95. The molecule has 1 saturated carbocycles. The van der Waals surface area contributed by atoms with Crippen molar-refractivity contribution in [3.8, 4) is 0 Å². The van der Waals surface area contributed by atoms with E-state index in [-0.39, 0.29) is 0 Å². The molecular weight excluding hydrogens is 294 g/mol. The van der Waals surface area contributed by atoms with Crippen molar-refractivity contribution in [3.05, 3.63) is 33.8 Å². The zero-order valence-corrected chi connectivity index (χ0v) is 11.7. The van der Waals surface area contributed by atoms with Gasteiger partial charge in [-0.2, -0.15) is 0 Å². The second kappa shape index (κ2) is 4.35. The molecule has 3 nitrogen and oxygen atoms in total. The Bertz CT molecular complexity index is 499. The van der Waals surface area contributed by atoms with E-state index in [1.165, 1.54) is 11.1 Å². The van der Waals surface area contributed by atoms with Gasteiger partial charge in [0, 0.05) is 16.9 Å². The number of fused-ring (bicyclic) bond motifs is 1. The Morgan fingerprint density at radius 2 is 2.17 bits per heavy atom. The molecule has 1 fully saturated rings. The average Bonchev–Trinajstić information content (AvgIpc) is 3.13. The molecule has 0 saturated heterocycles. The summed E-state index contributed by atoms with van der Waals surface area (Å²) in [6.45, 7) is 0. The zero-order valence-electron chi connectivity index (χ0n) is 10.1. The number of carboxylic acids is 1.